The van der Waals surface area contributed by atoms with E-state index in [1.807, 2.05) is 48.5 Å². The number of carbonyl (C=O) groups excluding carboxylic acids is 1. The van der Waals surface area contributed by atoms with Crippen molar-refractivity contribution >= 4 is 34.0 Å². The first-order valence-corrected chi connectivity index (χ1v) is 8.58. The normalized spacial score (nSPS) is 16.6. The lowest BCUT2D eigenvalue weighted by molar-refractivity contribution is -0.119. The third kappa shape index (κ3) is 2.67. The van der Waals surface area contributed by atoms with Crippen molar-refractivity contribution in [3.63, 3.8) is 0 Å². The molecule has 0 aliphatic carbocycles. The summed E-state index contributed by atoms with van der Waals surface area (Å²) >= 11 is 6.20. The molecule has 3 aromatic carbocycles. The van der Waals surface area contributed by atoms with Crippen LogP contribution in [0.15, 0.2) is 60.7 Å². The van der Waals surface area contributed by atoms with Crippen molar-refractivity contribution in [2.75, 3.05) is 11.4 Å². The van der Waals surface area contributed by atoms with Crippen LogP contribution in [0, 0.1) is 12.3 Å². The average molecular weight is 346 g/mol. The van der Waals surface area contributed by atoms with Gasteiger partial charge >= 0.3 is 0 Å². The third-order valence-corrected chi connectivity index (χ3v) is 5.00. The number of hydrogen-bond acceptors (Lipinski definition) is 1. The molecule has 1 atom stereocenters. The number of halogens is 1. The van der Waals surface area contributed by atoms with Gasteiger partial charge in [-0.15, -0.1) is 6.42 Å². The van der Waals surface area contributed by atoms with Crippen molar-refractivity contribution in [1.29, 1.82) is 0 Å². The molecule has 0 saturated heterocycles. The number of nitrogens with zero attached hydrogens (tertiary/aromatic N) is 1. The predicted molar refractivity (Wildman–Crippen MR) is 103 cm³/mol. The van der Waals surface area contributed by atoms with E-state index in [0.717, 1.165) is 27.6 Å². The van der Waals surface area contributed by atoms with Crippen molar-refractivity contribution < 1.29 is 4.79 Å². The van der Waals surface area contributed by atoms with E-state index in [2.05, 4.69) is 18.1 Å². The Bertz CT molecular complexity index is 1020. The van der Waals surface area contributed by atoms with Crippen molar-refractivity contribution in [3.05, 3.63) is 76.8 Å². The fourth-order valence-corrected chi connectivity index (χ4v) is 3.88. The van der Waals surface area contributed by atoms with Crippen LogP contribution < -0.4 is 4.90 Å². The molecule has 1 aliphatic heterocycles. The van der Waals surface area contributed by atoms with Crippen molar-refractivity contribution in [2.45, 2.75) is 12.3 Å². The van der Waals surface area contributed by atoms with Crippen LogP contribution >= 0.6 is 11.6 Å². The molecule has 0 saturated carbocycles. The summed E-state index contributed by atoms with van der Waals surface area (Å²) in [7, 11) is 0. The standard InChI is InChI=1S/C22H16ClNO/c1-2-12-24-20-11-10-15-6-3-4-9-18(15)22(20)19(14-21(24)25)16-7-5-8-17(23)13-16/h1,3-11,13,19H,12,14H2. The number of amides is 1. The lowest BCUT2D eigenvalue weighted by Crippen LogP contribution is -2.37. The number of anilines is 1. The Hall–Kier alpha value is -2.76. The van der Waals surface area contributed by atoms with Gasteiger partial charge in [-0.3, -0.25) is 4.79 Å². The number of rotatable bonds is 2. The van der Waals surface area contributed by atoms with Gasteiger partial charge in [-0.1, -0.05) is 60.0 Å². The Morgan fingerprint density at radius 3 is 2.76 bits per heavy atom. The molecule has 3 aromatic rings. The molecule has 1 heterocycles. The van der Waals surface area contributed by atoms with E-state index in [0.29, 0.717) is 11.4 Å². The Morgan fingerprint density at radius 2 is 1.96 bits per heavy atom. The molecule has 0 bridgehead atoms. The summed E-state index contributed by atoms with van der Waals surface area (Å²) in [6, 6.07) is 20.1. The SMILES string of the molecule is C#CCN1C(=O)CC(c2cccc(Cl)c2)c2c1ccc1ccccc21. The molecular formula is C22H16ClNO. The minimum atomic E-state index is -0.0266. The molecule has 0 N–H and O–H groups in total. The Morgan fingerprint density at radius 1 is 1.12 bits per heavy atom. The third-order valence-electron chi connectivity index (χ3n) is 4.77. The van der Waals surface area contributed by atoms with Crippen LogP contribution in [0.2, 0.25) is 5.02 Å². The van der Waals surface area contributed by atoms with Crippen LogP contribution in [0.25, 0.3) is 10.8 Å². The second-order valence-electron chi connectivity index (χ2n) is 6.22. The molecule has 1 amide bonds. The van der Waals surface area contributed by atoms with E-state index in [1.165, 1.54) is 0 Å². The van der Waals surface area contributed by atoms with Crippen LogP contribution in [0.3, 0.4) is 0 Å². The highest BCUT2D eigenvalue weighted by molar-refractivity contribution is 6.30. The zero-order valence-corrected chi connectivity index (χ0v) is 14.3. The van der Waals surface area contributed by atoms with E-state index in [1.54, 1.807) is 4.90 Å². The Kier molecular flexibility index (Phi) is 3.95. The van der Waals surface area contributed by atoms with Crippen LogP contribution in [-0.2, 0) is 4.79 Å². The maximum atomic E-state index is 12.7. The highest BCUT2D eigenvalue weighted by atomic mass is 35.5. The van der Waals surface area contributed by atoms with E-state index < -0.39 is 0 Å². The summed E-state index contributed by atoms with van der Waals surface area (Å²) in [5.41, 5.74) is 3.10. The van der Waals surface area contributed by atoms with Crippen LogP contribution in [0.1, 0.15) is 23.5 Å². The van der Waals surface area contributed by atoms with Gasteiger partial charge in [-0.05, 0) is 40.1 Å². The molecule has 2 nitrogen and oxygen atoms in total. The smallest absolute Gasteiger partial charge is 0.228 e. The molecule has 1 aliphatic rings. The largest absolute Gasteiger partial charge is 0.300 e. The van der Waals surface area contributed by atoms with Gasteiger partial charge in [0, 0.05) is 23.0 Å². The van der Waals surface area contributed by atoms with Gasteiger partial charge in [0.2, 0.25) is 5.91 Å². The Labute approximate surface area is 152 Å². The monoisotopic (exact) mass is 345 g/mol. The summed E-state index contributed by atoms with van der Waals surface area (Å²) in [5, 5.41) is 2.99. The van der Waals surface area contributed by atoms with E-state index >= 15 is 0 Å². The molecule has 0 aromatic heterocycles. The molecule has 0 spiro atoms. The zero-order chi connectivity index (χ0) is 17.4. The quantitative estimate of drug-likeness (QED) is 0.599. The number of carbonyl (C=O) groups is 1. The molecule has 122 valence electrons. The van der Waals surface area contributed by atoms with Crippen LogP contribution in [-0.4, -0.2) is 12.5 Å². The molecule has 3 heteroatoms. The minimum absolute atomic E-state index is 0.0266. The van der Waals surface area contributed by atoms with E-state index in [4.69, 9.17) is 18.0 Å². The maximum absolute atomic E-state index is 12.7. The lowest BCUT2D eigenvalue weighted by Gasteiger charge is -2.34. The maximum Gasteiger partial charge on any atom is 0.228 e. The van der Waals surface area contributed by atoms with Gasteiger partial charge < -0.3 is 4.90 Å². The second kappa shape index (κ2) is 6.27. The highest BCUT2D eigenvalue weighted by Gasteiger charge is 2.33. The number of fused-ring (bicyclic) bond motifs is 3. The highest BCUT2D eigenvalue weighted by Crippen LogP contribution is 2.44. The van der Waals surface area contributed by atoms with Crippen LogP contribution in [0.5, 0.6) is 0 Å². The van der Waals surface area contributed by atoms with Crippen LogP contribution in [0.4, 0.5) is 5.69 Å². The fourth-order valence-electron chi connectivity index (χ4n) is 3.68. The van der Waals surface area contributed by atoms with Gasteiger partial charge in [0.15, 0.2) is 0 Å². The molecular weight excluding hydrogens is 330 g/mol. The predicted octanol–water partition coefficient (Wildman–Crippen LogP) is 5.00. The summed E-state index contributed by atoms with van der Waals surface area (Å²) in [6.45, 7) is 0.284. The van der Waals surface area contributed by atoms with Gasteiger partial charge in [-0.25, -0.2) is 0 Å². The molecule has 1 unspecified atom stereocenters. The van der Waals surface area contributed by atoms with Gasteiger partial charge in [-0.2, -0.15) is 0 Å². The first-order chi connectivity index (χ1) is 12.2. The van der Waals surface area contributed by atoms with E-state index in [-0.39, 0.29) is 18.4 Å². The summed E-state index contributed by atoms with van der Waals surface area (Å²) in [5.74, 6) is 2.62. The van der Waals surface area contributed by atoms with Crippen molar-refractivity contribution in [1.82, 2.24) is 0 Å². The summed E-state index contributed by atoms with van der Waals surface area (Å²) in [4.78, 5) is 14.5. The van der Waals surface area contributed by atoms with Gasteiger partial charge in [0.05, 0.1) is 6.54 Å². The van der Waals surface area contributed by atoms with Gasteiger partial charge in [0.1, 0.15) is 0 Å². The van der Waals surface area contributed by atoms with Crippen molar-refractivity contribution in [2.24, 2.45) is 0 Å². The van der Waals surface area contributed by atoms with Gasteiger partial charge in [0.25, 0.3) is 0 Å². The minimum Gasteiger partial charge on any atom is -0.300 e. The summed E-state index contributed by atoms with van der Waals surface area (Å²) in [6.07, 6.45) is 5.89. The van der Waals surface area contributed by atoms with E-state index in [9.17, 15) is 4.79 Å². The molecule has 4 rings (SSSR count). The Balaban J connectivity index is 2.00. The zero-order valence-electron chi connectivity index (χ0n) is 13.6. The first-order valence-electron chi connectivity index (χ1n) is 8.20. The molecule has 0 fully saturated rings. The topological polar surface area (TPSA) is 20.3 Å². The number of terminal acetylenes is 1. The number of benzene rings is 3. The molecule has 0 radical (unpaired) electrons. The average Bonchev–Trinajstić information content (AvgIpc) is 2.63. The fraction of sp³-hybridized carbons (Fsp3) is 0.136. The number of hydrogen-bond donors (Lipinski definition) is 0. The first kappa shape index (κ1) is 15.7. The lowest BCUT2D eigenvalue weighted by atomic mass is 9.81. The second-order valence-corrected chi connectivity index (χ2v) is 6.65. The molecule has 25 heavy (non-hydrogen) atoms. The summed E-state index contributed by atoms with van der Waals surface area (Å²) < 4.78 is 0. The van der Waals surface area contributed by atoms with Crippen molar-refractivity contribution in [3.8, 4) is 12.3 Å².